The predicted octanol–water partition coefficient (Wildman–Crippen LogP) is 4.94. The van der Waals surface area contributed by atoms with Crippen molar-refractivity contribution in [3.8, 4) is 5.75 Å². The number of para-hydroxylation sites is 1. The summed E-state index contributed by atoms with van der Waals surface area (Å²) < 4.78 is 23.7. The van der Waals surface area contributed by atoms with Gasteiger partial charge in [-0.2, -0.15) is 0 Å². The minimum Gasteiger partial charge on any atom is -0.496 e. The van der Waals surface area contributed by atoms with Gasteiger partial charge in [0.2, 0.25) is 5.60 Å². The Morgan fingerprint density at radius 3 is 2.53 bits per heavy atom. The zero-order chi connectivity index (χ0) is 40.2. The van der Waals surface area contributed by atoms with Crippen LogP contribution in [0.15, 0.2) is 60.2 Å². The Morgan fingerprint density at radius 2 is 1.82 bits per heavy atom. The second kappa shape index (κ2) is 13.5. The van der Waals surface area contributed by atoms with Gasteiger partial charge in [-0.15, -0.1) is 0 Å². The van der Waals surface area contributed by atoms with Gasteiger partial charge in [-0.05, 0) is 60.5 Å². The van der Waals surface area contributed by atoms with Gasteiger partial charge in [0.1, 0.15) is 11.7 Å². The Kier molecular flexibility index (Phi) is 8.95. The molecule has 1 aliphatic carbocycles. The van der Waals surface area contributed by atoms with Crippen LogP contribution in [0, 0.1) is 11.3 Å². The quantitative estimate of drug-likeness (QED) is 0.192. The van der Waals surface area contributed by atoms with Gasteiger partial charge >= 0.3 is 17.9 Å². The van der Waals surface area contributed by atoms with E-state index in [9.17, 15) is 19.5 Å². The molecule has 2 bridgehead atoms. The fourth-order valence-electron chi connectivity index (χ4n) is 12.8. The SMILES string of the molecule is CCC1=CC2CN(C1)Cc1c([nH]c3ccccc13)C(C(=O)OC)C2c1cc2c(cc1OC)N(C)C1C(O)(C(=O)OC)C(OC(C)=O)C3(CC)C=CCN4CCC21C43. The van der Waals surface area contributed by atoms with E-state index in [1.807, 2.05) is 37.1 Å². The smallest absolute Gasteiger partial charge is 0.344 e. The summed E-state index contributed by atoms with van der Waals surface area (Å²) in [5.41, 5.74) is 2.91. The minimum atomic E-state index is -2.25. The standard InChI is InChI=1S/C45H54N4O8/c1-8-26-19-27-23-48(22-26)24-30-28-13-10-11-14-32(28)46-37(30)36(38(51)55-6)35(27)29-20-31-33(21-34(29)54-5)47(4)40-44(31)16-18-49-17-12-15-43(9-2,39(44)49)41(57-25(3)50)45(40,53)42(52)56-7/h10-15,19-21,27,35-36,39-41,46,53H,8-9,16-18,22-24H2,1-7H3. The molecule has 12 nitrogen and oxygen atoms in total. The molecular formula is C45H54N4O8. The third-order valence-corrected chi connectivity index (χ3v) is 14.7. The lowest BCUT2D eigenvalue weighted by Crippen LogP contribution is -2.81. The maximum Gasteiger partial charge on any atom is 0.344 e. The average Bonchev–Trinajstić information content (AvgIpc) is 3.86. The van der Waals surface area contributed by atoms with Crippen molar-refractivity contribution in [3.05, 3.63) is 82.6 Å². The fraction of sp³-hybridized carbons (Fsp3) is 0.533. The van der Waals surface area contributed by atoms with Crippen LogP contribution in [0.25, 0.3) is 10.9 Å². The summed E-state index contributed by atoms with van der Waals surface area (Å²) in [6.07, 6.45) is 7.32. The maximum atomic E-state index is 14.5. The second-order valence-electron chi connectivity index (χ2n) is 17.1. The van der Waals surface area contributed by atoms with E-state index in [0.717, 1.165) is 58.5 Å². The fourth-order valence-corrected chi connectivity index (χ4v) is 12.8. The van der Waals surface area contributed by atoms with Gasteiger partial charge in [0, 0.05) is 91.3 Å². The summed E-state index contributed by atoms with van der Waals surface area (Å²) >= 11 is 0. The molecule has 57 heavy (non-hydrogen) atoms. The number of likely N-dealkylation sites (N-methyl/N-ethyl adjacent to an activating group) is 1. The zero-order valence-electron chi connectivity index (χ0n) is 34.0. The summed E-state index contributed by atoms with van der Waals surface area (Å²) in [5, 5.41) is 14.4. The van der Waals surface area contributed by atoms with Crippen molar-refractivity contribution < 1.29 is 38.4 Å². The van der Waals surface area contributed by atoms with E-state index in [-0.39, 0.29) is 17.9 Å². The molecule has 10 unspecified atom stereocenters. The first-order valence-electron chi connectivity index (χ1n) is 20.4. The van der Waals surface area contributed by atoms with E-state index < -0.39 is 52.4 Å². The van der Waals surface area contributed by atoms with Crippen molar-refractivity contribution in [2.24, 2.45) is 11.3 Å². The Hall–Kier alpha value is -4.65. The lowest BCUT2D eigenvalue weighted by molar-refractivity contribution is -0.228. The molecule has 1 saturated heterocycles. The van der Waals surface area contributed by atoms with E-state index in [2.05, 4.69) is 58.1 Å². The van der Waals surface area contributed by atoms with Gasteiger partial charge in [-0.25, -0.2) is 4.79 Å². The van der Waals surface area contributed by atoms with Crippen LogP contribution in [0.2, 0.25) is 0 Å². The summed E-state index contributed by atoms with van der Waals surface area (Å²) in [7, 11) is 6.29. The van der Waals surface area contributed by atoms with Crippen molar-refractivity contribution in [1.82, 2.24) is 14.8 Å². The van der Waals surface area contributed by atoms with E-state index in [0.29, 0.717) is 38.2 Å². The highest BCUT2D eigenvalue weighted by Gasteiger charge is 2.80. The normalized spacial score (nSPS) is 34.9. The average molecular weight is 779 g/mol. The van der Waals surface area contributed by atoms with Crippen LogP contribution in [-0.2, 0) is 40.6 Å². The largest absolute Gasteiger partial charge is 0.496 e. The summed E-state index contributed by atoms with van der Waals surface area (Å²) in [4.78, 5) is 52.4. The van der Waals surface area contributed by atoms with Gasteiger partial charge in [0.15, 0.2) is 6.10 Å². The first kappa shape index (κ1) is 37.9. The highest BCUT2D eigenvalue weighted by molar-refractivity contribution is 5.90. The molecule has 10 atom stereocenters. The monoisotopic (exact) mass is 778 g/mol. The number of nitrogens with zero attached hydrogens (tertiary/aromatic N) is 3. The number of nitrogens with one attached hydrogen (secondary N) is 1. The first-order chi connectivity index (χ1) is 27.4. The molecule has 12 heteroatoms. The lowest BCUT2D eigenvalue weighted by Gasteiger charge is -2.63. The Balaban J connectivity index is 1.34. The van der Waals surface area contributed by atoms with E-state index >= 15 is 0 Å². The minimum absolute atomic E-state index is 0.0733. The van der Waals surface area contributed by atoms with E-state index in [4.69, 9.17) is 18.9 Å². The van der Waals surface area contributed by atoms with Crippen molar-refractivity contribution >= 4 is 34.5 Å². The molecule has 5 aliphatic heterocycles. The highest BCUT2D eigenvalue weighted by atomic mass is 16.6. The van der Waals surface area contributed by atoms with Gasteiger partial charge < -0.3 is 33.9 Å². The number of fused-ring (bicyclic) bond motifs is 6. The summed E-state index contributed by atoms with van der Waals surface area (Å²) in [6, 6.07) is 11.4. The number of H-pyrrole nitrogens is 1. The number of hydrogen-bond acceptors (Lipinski definition) is 11. The van der Waals surface area contributed by atoms with Gasteiger partial charge in [-0.3, -0.25) is 19.4 Å². The third-order valence-electron chi connectivity index (χ3n) is 14.7. The number of aromatic nitrogens is 1. The van der Waals surface area contributed by atoms with Crippen LogP contribution in [0.3, 0.4) is 0 Å². The first-order valence-corrected chi connectivity index (χ1v) is 20.4. The zero-order valence-corrected chi connectivity index (χ0v) is 34.0. The molecular weight excluding hydrogens is 725 g/mol. The van der Waals surface area contributed by atoms with Gasteiger partial charge in [0.05, 0.1) is 27.4 Å². The Bertz CT molecular complexity index is 2230. The van der Waals surface area contributed by atoms with Gasteiger partial charge in [0.25, 0.3) is 0 Å². The number of carbonyl (C=O) groups excluding carboxylic acids is 3. The van der Waals surface area contributed by atoms with Crippen LogP contribution in [0.5, 0.6) is 5.75 Å². The molecule has 1 saturated carbocycles. The molecule has 3 aromatic rings. The van der Waals surface area contributed by atoms with Crippen molar-refractivity contribution in [1.29, 1.82) is 0 Å². The molecule has 1 aromatic heterocycles. The third kappa shape index (κ3) is 4.99. The Morgan fingerprint density at radius 1 is 1.04 bits per heavy atom. The molecule has 2 aromatic carbocycles. The van der Waals surface area contributed by atoms with Gasteiger partial charge in [-0.1, -0.05) is 55.8 Å². The molecule has 0 amide bonds. The molecule has 1 spiro atoms. The Labute approximate surface area is 333 Å². The van der Waals surface area contributed by atoms with E-state index in [1.165, 1.54) is 26.7 Å². The summed E-state index contributed by atoms with van der Waals surface area (Å²) in [6.45, 7) is 9.22. The van der Waals surface area contributed by atoms with Crippen LogP contribution >= 0.6 is 0 Å². The van der Waals surface area contributed by atoms with Crippen molar-refractivity contribution in [2.45, 2.75) is 87.6 Å². The molecule has 2 fully saturated rings. The number of benzene rings is 2. The number of hydrogen-bond donors (Lipinski definition) is 2. The number of ether oxygens (including phenoxy) is 4. The number of carbonyl (C=O) groups is 3. The molecule has 0 radical (unpaired) electrons. The number of methoxy groups -OCH3 is 3. The number of esters is 3. The van der Waals surface area contributed by atoms with Crippen LogP contribution < -0.4 is 9.64 Å². The number of aromatic amines is 1. The molecule has 6 aliphatic rings. The second-order valence-corrected chi connectivity index (χ2v) is 17.1. The van der Waals surface area contributed by atoms with Crippen LogP contribution in [0.1, 0.15) is 74.3 Å². The number of rotatable bonds is 7. The number of anilines is 1. The van der Waals surface area contributed by atoms with E-state index in [1.54, 1.807) is 7.11 Å². The molecule has 302 valence electrons. The van der Waals surface area contributed by atoms with Crippen molar-refractivity contribution in [2.75, 3.05) is 59.5 Å². The maximum absolute atomic E-state index is 14.5. The molecule has 6 heterocycles. The predicted molar refractivity (Wildman–Crippen MR) is 214 cm³/mol. The highest BCUT2D eigenvalue weighted by Crippen LogP contribution is 2.68. The molecule has 9 rings (SSSR count). The van der Waals surface area contributed by atoms with Crippen LogP contribution in [-0.4, -0.2) is 116 Å². The molecule has 2 N–H and O–H groups in total. The van der Waals surface area contributed by atoms with Crippen LogP contribution in [0.4, 0.5) is 5.69 Å². The topological polar surface area (TPSA) is 134 Å². The summed E-state index contributed by atoms with van der Waals surface area (Å²) in [5.74, 6) is -2.33. The van der Waals surface area contributed by atoms with Crippen molar-refractivity contribution in [3.63, 3.8) is 0 Å². The lowest BCUT2D eigenvalue weighted by atomic mass is 9.47. The number of aliphatic hydroxyl groups is 1.